The summed E-state index contributed by atoms with van der Waals surface area (Å²) in [6, 6.07) is 0. The van der Waals surface area contributed by atoms with Crippen molar-refractivity contribution in [1.82, 2.24) is 20.2 Å². The largest absolute Gasteiger partial charge is 0.309 e. The van der Waals surface area contributed by atoms with Crippen molar-refractivity contribution >= 4 is 55.7 Å². The minimum absolute atomic E-state index is 0.0932. The first-order chi connectivity index (χ1) is 12.6. The van der Waals surface area contributed by atoms with Gasteiger partial charge >= 0.3 is 0 Å². The molecule has 0 radical (unpaired) electrons. The summed E-state index contributed by atoms with van der Waals surface area (Å²) in [6.07, 6.45) is 0. The molecule has 3 aromatic heterocycles. The van der Waals surface area contributed by atoms with Crippen LogP contribution in [-0.4, -0.2) is 31.8 Å². The van der Waals surface area contributed by atoms with E-state index in [4.69, 9.17) is 0 Å². The van der Waals surface area contributed by atoms with E-state index in [2.05, 4.69) is 46.3 Å². The molecule has 7 nitrogen and oxygen atoms in total. The summed E-state index contributed by atoms with van der Waals surface area (Å²) in [4.78, 5) is 33.5. The van der Waals surface area contributed by atoms with Gasteiger partial charge in [0.15, 0.2) is 0 Å². The summed E-state index contributed by atoms with van der Waals surface area (Å²) < 4.78 is 0. The third-order valence-corrected chi connectivity index (χ3v) is 7.18. The SMILES string of the molecule is Cc1sc2nc(CSCC(=O)Nc3nnc(C(C)(C)C)s3)[nH]c(=O)c2c1C. The molecule has 3 rings (SSSR count). The number of carbonyl (C=O) groups is 1. The number of hydrogen-bond donors (Lipinski definition) is 2. The molecule has 0 bridgehead atoms. The fourth-order valence-corrected chi connectivity index (χ4v) is 4.90. The molecule has 3 heterocycles. The van der Waals surface area contributed by atoms with Gasteiger partial charge in [-0.25, -0.2) is 4.98 Å². The smallest absolute Gasteiger partial charge is 0.259 e. The number of aryl methyl sites for hydroxylation is 2. The van der Waals surface area contributed by atoms with Crippen molar-refractivity contribution < 1.29 is 4.79 Å². The van der Waals surface area contributed by atoms with Gasteiger partial charge in [-0.15, -0.1) is 33.3 Å². The normalized spacial score (nSPS) is 11.9. The second kappa shape index (κ2) is 7.69. The summed E-state index contributed by atoms with van der Waals surface area (Å²) in [5.41, 5.74) is 0.767. The lowest BCUT2D eigenvalue weighted by Gasteiger charge is -2.12. The number of amides is 1. The maximum absolute atomic E-state index is 12.3. The first kappa shape index (κ1) is 20.0. The van der Waals surface area contributed by atoms with Crippen LogP contribution >= 0.6 is 34.4 Å². The molecule has 0 unspecified atom stereocenters. The number of nitrogens with zero attached hydrogens (tertiary/aromatic N) is 3. The van der Waals surface area contributed by atoms with Gasteiger partial charge in [-0.3, -0.25) is 14.9 Å². The van der Waals surface area contributed by atoms with Gasteiger partial charge in [-0.1, -0.05) is 32.1 Å². The zero-order valence-corrected chi connectivity index (χ0v) is 18.2. The lowest BCUT2D eigenvalue weighted by molar-refractivity contribution is -0.113. The monoisotopic (exact) mass is 423 g/mol. The topological polar surface area (TPSA) is 101 Å². The molecule has 0 aromatic carbocycles. The van der Waals surface area contributed by atoms with Crippen LogP contribution in [0.1, 0.15) is 42.0 Å². The van der Waals surface area contributed by atoms with E-state index in [9.17, 15) is 9.59 Å². The molecule has 0 saturated heterocycles. The first-order valence-electron chi connectivity index (χ1n) is 8.35. The molecule has 10 heteroatoms. The molecule has 0 aliphatic carbocycles. The van der Waals surface area contributed by atoms with Gasteiger partial charge in [0.2, 0.25) is 11.0 Å². The number of thiophene rings is 1. The highest BCUT2D eigenvalue weighted by Crippen LogP contribution is 2.28. The Morgan fingerprint density at radius 1 is 1.22 bits per heavy atom. The quantitative estimate of drug-likeness (QED) is 0.650. The molecule has 0 aliphatic heterocycles. The molecular formula is C17H21N5O2S3. The number of thioether (sulfide) groups is 1. The highest BCUT2D eigenvalue weighted by Gasteiger charge is 2.20. The van der Waals surface area contributed by atoms with E-state index in [-0.39, 0.29) is 22.6 Å². The average Bonchev–Trinajstić information content (AvgIpc) is 3.13. The van der Waals surface area contributed by atoms with E-state index < -0.39 is 0 Å². The maximum Gasteiger partial charge on any atom is 0.259 e. The number of H-pyrrole nitrogens is 1. The van der Waals surface area contributed by atoms with Crippen LogP contribution in [0.25, 0.3) is 10.2 Å². The lowest BCUT2D eigenvalue weighted by atomic mass is 9.98. The Morgan fingerprint density at radius 3 is 2.63 bits per heavy atom. The van der Waals surface area contributed by atoms with Gasteiger partial charge in [0.05, 0.1) is 16.9 Å². The number of carbonyl (C=O) groups excluding carboxylic acids is 1. The fraction of sp³-hybridized carbons (Fsp3) is 0.471. The Bertz CT molecular complexity index is 1050. The van der Waals surface area contributed by atoms with Crippen LogP contribution in [0.5, 0.6) is 0 Å². The Hall–Kier alpha value is -1.78. The van der Waals surface area contributed by atoms with E-state index in [0.29, 0.717) is 22.1 Å². The van der Waals surface area contributed by atoms with Gasteiger partial charge in [0.25, 0.3) is 5.56 Å². The molecule has 0 atom stereocenters. The van der Waals surface area contributed by atoms with Crippen molar-refractivity contribution in [2.24, 2.45) is 0 Å². The van der Waals surface area contributed by atoms with Crippen LogP contribution in [0.4, 0.5) is 5.13 Å². The first-order valence-corrected chi connectivity index (χ1v) is 11.1. The second-order valence-electron chi connectivity index (χ2n) is 7.18. The molecule has 27 heavy (non-hydrogen) atoms. The molecule has 2 N–H and O–H groups in total. The Balaban J connectivity index is 1.58. The molecule has 1 amide bonds. The number of anilines is 1. The Labute approximate surface area is 169 Å². The number of aromatic amines is 1. The Kier molecular flexibility index (Phi) is 5.68. The molecule has 3 aromatic rings. The molecule has 0 saturated carbocycles. The summed E-state index contributed by atoms with van der Waals surface area (Å²) in [5.74, 6) is 1.13. The van der Waals surface area contributed by atoms with Crippen molar-refractivity contribution in [3.05, 3.63) is 31.6 Å². The molecule has 0 spiro atoms. The van der Waals surface area contributed by atoms with Gasteiger partial charge < -0.3 is 4.98 Å². The van der Waals surface area contributed by atoms with Crippen molar-refractivity contribution in [1.29, 1.82) is 0 Å². The zero-order chi connectivity index (χ0) is 19.8. The van der Waals surface area contributed by atoms with Gasteiger partial charge in [0.1, 0.15) is 15.7 Å². The number of fused-ring (bicyclic) bond motifs is 1. The van der Waals surface area contributed by atoms with Gasteiger partial charge in [-0.05, 0) is 19.4 Å². The van der Waals surface area contributed by atoms with Gasteiger partial charge in [-0.2, -0.15) is 0 Å². The van der Waals surface area contributed by atoms with E-state index in [1.165, 1.54) is 34.4 Å². The van der Waals surface area contributed by atoms with Crippen LogP contribution in [0.2, 0.25) is 0 Å². The minimum atomic E-state index is -0.150. The van der Waals surface area contributed by atoms with E-state index >= 15 is 0 Å². The van der Waals surface area contributed by atoms with E-state index in [0.717, 1.165) is 20.3 Å². The number of nitrogens with one attached hydrogen (secondary N) is 2. The van der Waals surface area contributed by atoms with Crippen molar-refractivity contribution in [3.63, 3.8) is 0 Å². The summed E-state index contributed by atoms with van der Waals surface area (Å²) >= 11 is 4.29. The second-order valence-corrected chi connectivity index (χ2v) is 10.3. The summed E-state index contributed by atoms with van der Waals surface area (Å²) in [7, 11) is 0. The van der Waals surface area contributed by atoms with Crippen molar-refractivity contribution in [2.45, 2.75) is 45.8 Å². The fourth-order valence-electron chi connectivity index (χ4n) is 2.34. The highest BCUT2D eigenvalue weighted by atomic mass is 32.2. The molecule has 0 fully saturated rings. The average molecular weight is 424 g/mol. The third-order valence-electron chi connectivity index (χ3n) is 3.87. The van der Waals surface area contributed by atoms with Gasteiger partial charge in [0, 0.05) is 10.3 Å². The predicted octanol–water partition coefficient (Wildman–Crippen LogP) is 3.62. The molecule has 0 aliphatic rings. The minimum Gasteiger partial charge on any atom is -0.309 e. The molecule has 144 valence electrons. The highest BCUT2D eigenvalue weighted by molar-refractivity contribution is 7.99. The van der Waals surface area contributed by atoms with Crippen LogP contribution in [0, 0.1) is 13.8 Å². The van der Waals surface area contributed by atoms with Crippen molar-refractivity contribution in [3.8, 4) is 0 Å². The summed E-state index contributed by atoms with van der Waals surface area (Å²) in [5, 5.41) is 12.9. The number of aromatic nitrogens is 4. The van der Waals surface area contributed by atoms with Crippen LogP contribution in [0.15, 0.2) is 4.79 Å². The van der Waals surface area contributed by atoms with Crippen LogP contribution in [0.3, 0.4) is 0 Å². The van der Waals surface area contributed by atoms with Crippen molar-refractivity contribution in [2.75, 3.05) is 11.1 Å². The number of rotatable bonds is 5. The maximum atomic E-state index is 12.3. The number of hydrogen-bond acceptors (Lipinski definition) is 8. The van der Waals surface area contributed by atoms with Crippen LogP contribution in [-0.2, 0) is 16.0 Å². The Morgan fingerprint density at radius 2 is 1.96 bits per heavy atom. The molecular weight excluding hydrogens is 402 g/mol. The van der Waals surface area contributed by atoms with Crippen LogP contribution < -0.4 is 10.9 Å². The third kappa shape index (κ3) is 4.56. The zero-order valence-electron chi connectivity index (χ0n) is 15.8. The lowest BCUT2D eigenvalue weighted by Crippen LogP contribution is -2.15. The van der Waals surface area contributed by atoms with E-state index in [1.807, 2.05) is 13.8 Å². The predicted molar refractivity (Wildman–Crippen MR) is 113 cm³/mol. The van der Waals surface area contributed by atoms with E-state index in [1.54, 1.807) is 0 Å². The summed E-state index contributed by atoms with van der Waals surface area (Å²) in [6.45, 7) is 10.1. The standard InChI is InChI=1S/C17H21N5O2S3/c1-8-9(2)26-14-12(8)13(24)18-10(19-14)6-25-7-11(23)20-16-22-21-15(27-16)17(3,4)5/h6-7H2,1-5H3,(H,18,19,24)(H,20,22,23).